The van der Waals surface area contributed by atoms with Crippen LogP contribution in [0.15, 0.2) is 24.3 Å². The summed E-state index contributed by atoms with van der Waals surface area (Å²) in [6.07, 6.45) is 1.66. The van der Waals surface area contributed by atoms with Crippen LogP contribution in [0.1, 0.15) is 38.7 Å². The molecule has 4 atom stereocenters. The van der Waals surface area contributed by atoms with Gasteiger partial charge in [-0.25, -0.2) is 4.79 Å². The molecule has 11 heteroatoms. The van der Waals surface area contributed by atoms with Gasteiger partial charge >= 0.3 is 5.97 Å². The van der Waals surface area contributed by atoms with Crippen LogP contribution >= 0.6 is 0 Å². The van der Waals surface area contributed by atoms with E-state index in [1.54, 1.807) is 12.1 Å². The number of aliphatic carboxylic acids is 1. The van der Waals surface area contributed by atoms with Gasteiger partial charge in [0.1, 0.15) is 23.9 Å². The highest BCUT2D eigenvalue weighted by molar-refractivity contribution is 5.94. The standard InChI is InChI=1S/C23H34N4O7/c1-13(2)10-17(25-22(32)19(12-28)27-20(30)16-4-3-9-24-16)21(31)26-18(23(33)34)11-14-5-7-15(29)8-6-14/h5-8,13,16-19,24,28-29H,3-4,9-12H2,1-2H3,(H,25,32)(H,26,31)(H,27,30)(H,33,34). The van der Waals surface area contributed by atoms with E-state index in [1.807, 2.05) is 13.8 Å². The van der Waals surface area contributed by atoms with Crippen molar-refractivity contribution >= 4 is 23.7 Å². The Morgan fingerprint density at radius 3 is 2.15 bits per heavy atom. The van der Waals surface area contributed by atoms with Crippen LogP contribution in [0.25, 0.3) is 0 Å². The van der Waals surface area contributed by atoms with Gasteiger partial charge in [-0.15, -0.1) is 0 Å². The Hall–Kier alpha value is -3.18. The van der Waals surface area contributed by atoms with E-state index in [0.29, 0.717) is 18.5 Å². The number of hydrogen-bond acceptors (Lipinski definition) is 7. The van der Waals surface area contributed by atoms with Gasteiger partial charge in [-0.3, -0.25) is 14.4 Å². The molecule has 1 aliphatic heterocycles. The molecule has 0 bridgehead atoms. The molecular weight excluding hydrogens is 444 g/mol. The summed E-state index contributed by atoms with van der Waals surface area (Å²) in [4.78, 5) is 49.7. The minimum Gasteiger partial charge on any atom is -0.508 e. The summed E-state index contributed by atoms with van der Waals surface area (Å²) in [5.41, 5.74) is 0.596. The molecule has 0 spiro atoms. The third-order valence-electron chi connectivity index (χ3n) is 5.52. The molecule has 1 aromatic rings. The quantitative estimate of drug-likeness (QED) is 0.205. The first kappa shape index (κ1) is 27.1. The van der Waals surface area contributed by atoms with E-state index in [2.05, 4.69) is 21.3 Å². The second-order valence-electron chi connectivity index (χ2n) is 8.85. The molecule has 188 valence electrons. The Labute approximate surface area is 198 Å². The number of nitrogens with one attached hydrogen (secondary N) is 4. The van der Waals surface area contributed by atoms with Gasteiger partial charge < -0.3 is 36.6 Å². The Bertz CT molecular complexity index is 853. The molecule has 1 fully saturated rings. The number of hydrogen-bond donors (Lipinski definition) is 7. The average Bonchev–Trinajstić information content (AvgIpc) is 3.32. The summed E-state index contributed by atoms with van der Waals surface area (Å²) in [5.74, 6) is -3.05. The first-order valence-electron chi connectivity index (χ1n) is 11.4. The van der Waals surface area contributed by atoms with Gasteiger partial charge in [-0.2, -0.15) is 0 Å². The van der Waals surface area contributed by atoms with Gasteiger partial charge in [0, 0.05) is 6.42 Å². The number of rotatable bonds is 12. The van der Waals surface area contributed by atoms with E-state index < -0.39 is 54.5 Å². The lowest BCUT2D eigenvalue weighted by Gasteiger charge is -2.25. The van der Waals surface area contributed by atoms with Crippen molar-refractivity contribution < 1.29 is 34.5 Å². The maximum Gasteiger partial charge on any atom is 0.326 e. The fourth-order valence-corrected chi connectivity index (χ4v) is 3.69. The van der Waals surface area contributed by atoms with Crippen LogP contribution in [-0.4, -0.2) is 76.3 Å². The van der Waals surface area contributed by atoms with Gasteiger partial charge in [-0.1, -0.05) is 26.0 Å². The highest BCUT2D eigenvalue weighted by atomic mass is 16.4. The lowest BCUT2D eigenvalue weighted by Crippen LogP contribution is -2.58. The molecule has 3 amide bonds. The summed E-state index contributed by atoms with van der Waals surface area (Å²) in [6, 6.07) is 1.94. The Balaban J connectivity index is 2.05. The van der Waals surface area contributed by atoms with Crippen molar-refractivity contribution in [2.24, 2.45) is 5.92 Å². The van der Waals surface area contributed by atoms with Crippen LogP contribution in [0.4, 0.5) is 0 Å². The molecule has 4 unspecified atom stereocenters. The van der Waals surface area contributed by atoms with Crippen molar-refractivity contribution in [2.45, 2.75) is 63.7 Å². The first-order chi connectivity index (χ1) is 16.1. The number of carbonyl (C=O) groups excluding carboxylic acids is 3. The van der Waals surface area contributed by atoms with Crippen LogP contribution in [-0.2, 0) is 25.6 Å². The van der Waals surface area contributed by atoms with Crippen molar-refractivity contribution in [3.8, 4) is 5.75 Å². The number of phenolic OH excluding ortho intramolecular Hbond substituents is 1. The fourth-order valence-electron chi connectivity index (χ4n) is 3.69. The minimum absolute atomic E-state index is 0.0127. The number of amides is 3. The largest absolute Gasteiger partial charge is 0.508 e. The van der Waals surface area contributed by atoms with Crippen molar-refractivity contribution in [3.63, 3.8) is 0 Å². The molecule has 1 aromatic carbocycles. The number of aliphatic hydroxyl groups excluding tert-OH is 1. The van der Waals surface area contributed by atoms with Gasteiger partial charge in [0.2, 0.25) is 17.7 Å². The summed E-state index contributed by atoms with van der Waals surface area (Å²) in [7, 11) is 0. The maximum atomic E-state index is 12.9. The van der Waals surface area contributed by atoms with E-state index >= 15 is 0 Å². The van der Waals surface area contributed by atoms with Crippen LogP contribution in [0, 0.1) is 5.92 Å². The van der Waals surface area contributed by atoms with E-state index in [-0.39, 0.29) is 24.5 Å². The second-order valence-corrected chi connectivity index (χ2v) is 8.85. The number of carboxylic acid groups (broad SMARTS) is 1. The molecule has 0 radical (unpaired) electrons. The van der Waals surface area contributed by atoms with Gasteiger partial charge in [0.15, 0.2) is 0 Å². The lowest BCUT2D eigenvalue weighted by atomic mass is 10.0. The maximum absolute atomic E-state index is 12.9. The zero-order valence-electron chi connectivity index (χ0n) is 19.4. The van der Waals surface area contributed by atoms with E-state index in [0.717, 1.165) is 6.42 Å². The normalized spacial score (nSPS) is 18.1. The van der Waals surface area contributed by atoms with Crippen LogP contribution in [0.2, 0.25) is 0 Å². The van der Waals surface area contributed by atoms with E-state index in [9.17, 15) is 34.5 Å². The second kappa shape index (κ2) is 12.9. The lowest BCUT2D eigenvalue weighted by molar-refractivity contribution is -0.142. The number of aromatic hydroxyl groups is 1. The molecule has 0 aliphatic carbocycles. The molecular formula is C23H34N4O7. The third-order valence-corrected chi connectivity index (χ3v) is 5.52. The summed E-state index contributed by atoms with van der Waals surface area (Å²) in [5, 5.41) is 39.1. The highest BCUT2D eigenvalue weighted by Crippen LogP contribution is 2.12. The Morgan fingerprint density at radius 1 is 1.00 bits per heavy atom. The molecule has 11 nitrogen and oxygen atoms in total. The number of carbonyl (C=O) groups is 4. The molecule has 34 heavy (non-hydrogen) atoms. The molecule has 7 N–H and O–H groups in total. The highest BCUT2D eigenvalue weighted by Gasteiger charge is 2.31. The van der Waals surface area contributed by atoms with Crippen LogP contribution in [0.5, 0.6) is 5.75 Å². The van der Waals surface area contributed by atoms with Crippen LogP contribution in [0.3, 0.4) is 0 Å². The third kappa shape index (κ3) is 8.31. The monoisotopic (exact) mass is 478 g/mol. The molecule has 2 rings (SSSR count). The molecule has 0 saturated carbocycles. The van der Waals surface area contributed by atoms with E-state index in [1.165, 1.54) is 12.1 Å². The van der Waals surface area contributed by atoms with E-state index in [4.69, 9.17) is 0 Å². The predicted molar refractivity (Wildman–Crippen MR) is 123 cm³/mol. The Kier molecular flexibility index (Phi) is 10.3. The van der Waals surface area contributed by atoms with Gasteiger partial charge in [-0.05, 0) is 49.4 Å². The van der Waals surface area contributed by atoms with Crippen molar-refractivity contribution in [3.05, 3.63) is 29.8 Å². The zero-order chi connectivity index (χ0) is 25.3. The first-order valence-corrected chi connectivity index (χ1v) is 11.4. The van der Waals surface area contributed by atoms with Crippen molar-refractivity contribution in [1.82, 2.24) is 21.3 Å². The number of aliphatic hydroxyl groups is 1. The zero-order valence-corrected chi connectivity index (χ0v) is 19.4. The number of carboxylic acids is 1. The van der Waals surface area contributed by atoms with Crippen molar-refractivity contribution in [1.29, 1.82) is 0 Å². The van der Waals surface area contributed by atoms with Gasteiger partial charge in [0.25, 0.3) is 0 Å². The molecule has 1 heterocycles. The predicted octanol–water partition coefficient (Wildman–Crippen LogP) is -0.736. The average molecular weight is 479 g/mol. The van der Waals surface area contributed by atoms with Gasteiger partial charge in [0.05, 0.1) is 12.6 Å². The smallest absolute Gasteiger partial charge is 0.326 e. The number of benzene rings is 1. The number of phenols is 1. The molecule has 1 aliphatic rings. The molecule has 1 saturated heterocycles. The minimum atomic E-state index is -1.26. The molecule has 0 aromatic heterocycles. The topological polar surface area (TPSA) is 177 Å². The SMILES string of the molecule is CC(C)CC(NC(=O)C(CO)NC(=O)C1CCCN1)C(=O)NC(Cc1ccc(O)cc1)C(=O)O. The van der Waals surface area contributed by atoms with Crippen LogP contribution < -0.4 is 21.3 Å². The summed E-state index contributed by atoms with van der Waals surface area (Å²) in [6.45, 7) is 3.72. The van der Waals surface area contributed by atoms with Crippen molar-refractivity contribution in [2.75, 3.05) is 13.2 Å². The Morgan fingerprint density at radius 2 is 1.62 bits per heavy atom. The summed E-state index contributed by atoms with van der Waals surface area (Å²) < 4.78 is 0. The summed E-state index contributed by atoms with van der Waals surface area (Å²) >= 11 is 0. The fraction of sp³-hybridized carbons (Fsp3) is 0.565.